The van der Waals surface area contributed by atoms with Crippen molar-refractivity contribution in [3.05, 3.63) is 71.3 Å². The van der Waals surface area contributed by atoms with E-state index in [0.29, 0.717) is 6.54 Å². The van der Waals surface area contributed by atoms with Crippen LogP contribution in [0.15, 0.2) is 54.6 Å². The maximum Gasteiger partial charge on any atom is 0.408 e. The van der Waals surface area contributed by atoms with Crippen LogP contribution in [0.25, 0.3) is 0 Å². The lowest BCUT2D eigenvalue weighted by atomic mass is 9.87. The molecular formula is C28H37N3O4. The molecule has 7 heteroatoms. The third-order valence-corrected chi connectivity index (χ3v) is 6.15. The van der Waals surface area contributed by atoms with E-state index in [9.17, 15) is 14.4 Å². The highest BCUT2D eigenvalue weighted by atomic mass is 16.6. The van der Waals surface area contributed by atoms with Gasteiger partial charge in [-0.2, -0.15) is 0 Å². The molecule has 0 aromatic heterocycles. The molecule has 0 aliphatic heterocycles. The van der Waals surface area contributed by atoms with Crippen molar-refractivity contribution in [2.24, 2.45) is 0 Å². The highest BCUT2D eigenvalue weighted by Crippen LogP contribution is 2.34. The lowest BCUT2D eigenvalue weighted by Gasteiger charge is -2.43. The molecule has 2 atom stereocenters. The van der Waals surface area contributed by atoms with Gasteiger partial charge in [-0.15, -0.1) is 0 Å². The summed E-state index contributed by atoms with van der Waals surface area (Å²) in [5.74, 6) is -0.545. The van der Waals surface area contributed by atoms with Gasteiger partial charge in [0.05, 0.1) is 0 Å². The number of alkyl carbamates (subject to hydrolysis) is 1. The second-order valence-corrected chi connectivity index (χ2v) is 10.2. The van der Waals surface area contributed by atoms with Crippen molar-refractivity contribution in [3.8, 4) is 0 Å². The SMILES string of the molecule is Cc1ccccc1C(C(=O)NCc1ccccc1)N(C(=O)C(C)NC(=O)OC(C)(C)C)C1CCC1. The molecule has 35 heavy (non-hydrogen) atoms. The molecule has 2 unspecified atom stereocenters. The number of rotatable bonds is 8. The number of hydrogen-bond donors (Lipinski definition) is 2. The highest BCUT2D eigenvalue weighted by molar-refractivity contribution is 5.92. The molecule has 1 fully saturated rings. The number of carbonyl (C=O) groups excluding carboxylic acids is 3. The number of nitrogens with one attached hydrogen (secondary N) is 2. The van der Waals surface area contributed by atoms with E-state index in [1.54, 1.807) is 32.6 Å². The van der Waals surface area contributed by atoms with Crippen LogP contribution in [-0.2, 0) is 20.9 Å². The van der Waals surface area contributed by atoms with E-state index < -0.39 is 23.8 Å². The maximum atomic E-state index is 13.8. The Morgan fingerprint density at radius 3 is 2.23 bits per heavy atom. The summed E-state index contributed by atoms with van der Waals surface area (Å²) >= 11 is 0. The van der Waals surface area contributed by atoms with Crippen LogP contribution in [0.3, 0.4) is 0 Å². The Bertz CT molecular complexity index is 1030. The number of amides is 3. The first-order valence-corrected chi connectivity index (χ1v) is 12.3. The first-order valence-electron chi connectivity index (χ1n) is 12.3. The summed E-state index contributed by atoms with van der Waals surface area (Å²) in [6, 6.07) is 15.6. The summed E-state index contributed by atoms with van der Waals surface area (Å²) in [6.45, 7) is 9.24. The predicted octanol–water partition coefficient (Wildman–Crippen LogP) is 4.65. The van der Waals surface area contributed by atoms with Crippen molar-refractivity contribution < 1.29 is 19.1 Å². The Balaban J connectivity index is 1.89. The molecule has 1 aliphatic carbocycles. The summed E-state index contributed by atoms with van der Waals surface area (Å²) in [6.07, 6.45) is 1.97. The maximum absolute atomic E-state index is 13.8. The topological polar surface area (TPSA) is 87.7 Å². The van der Waals surface area contributed by atoms with E-state index in [4.69, 9.17) is 4.74 Å². The van der Waals surface area contributed by atoms with Crippen LogP contribution in [0, 0.1) is 6.92 Å². The van der Waals surface area contributed by atoms with Gasteiger partial charge in [0.15, 0.2) is 0 Å². The van der Waals surface area contributed by atoms with Crippen molar-refractivity contribution in [2.75, 3.05) is 0 Å². The summed E-state index contributed by atoms with van der Waals surface area (Å²) in [4.78, 5) is 41.5. The van der Waals surface area contributed by atoms with E-state index in [2.05, 4.69) is 10.6 Å². The molecule has 2 N–H and O–H groups in total. The first-order chi connectivity index (χ1) is 16.6. The van der Waals surface area contributed by atoms with Crippen molar-refractivity contribution in [3.63, 3.8) is 0 Å². The van der Waals surface area contributed by atoms with Gasteiger partial charge >= 0.3 is 6.09 Å². The van der Waals surface area contributed by atoms with Gasteiger partial charge < -0.3 is 20.3 Å². The van der Waals surface area contributed by atoms with Crippen LogP contribution >= 0.6 is 0 Å². The molecule has 1 saturated carbocycles. The second-order valence-electron chi connectivity index (χ2n) is 10.2. The predicted molar refractivity (Wildman–Crippen MR) is 136 cm³/mol. The van der Waals surface area contributed by atoms with Crippen LogP contribution < -0.4 is 10.6 Å². The number of aryl methyl sites for hydroxylation is 1. The van der Waals surface area contributed by atoms with Crippen molar-refractivity contribution in [1.29, 1.82) is 0 Å². The molecule has 0 heterocycles. The van der Waals surface area contributed by atoms with Crippen LogP contribution in [0.4, 0.5) is 4.79 Å². The number of ether oxygens (including phenoxy) is 1. The van der Waals surface area contributed by atoms with E-state index in [-0.39, 0.29) is 17.9 Å². The Kier molecular flexibility index (Phi) is 8.54. The quantitative estimate of drug-likeness (QED) is 0.577. The molecule has 7 nitrogen and oxygen atoms in total. The second kappa shape index (κ2) is 11.4. The minimum absolute atomic E-state index is 0.0718. The van der Waals surface area contributed by atoms with Crippen LogP contribution in [-0.4, -0.2) is 40.5 Å². The molecule has 0 bridgehead atoms. The lowest BCUT2D eigenvalue weighted by molar-refractivity contribution is -0.147. The van der Waals surface area contributed by atoms with Gasteiger partial charge in [0, 0.05) is 12.6 Å². The van der Waals surface area contributed by atoms with Gasteiger partial charge in [-0.1, -0.05) is 54.6 Å². The van der Waals surface area contributed by atoms with Crippen molar-refractivity contribution in [1.82, 2.24) is 15.5 Å². The minimum atomic E-state index is -0.848. The first kappa shape index (κ1) is 26.3. The van der Waals surface area contributed by atoms with Crippen molar-refractivity contribution >= 4 is 17.9 Å². The largest absolute Gasteiger partial charge is 0.444 e. The molecule has 2 aromatic carbocycles. The molecular weight excluding hydrogens is 442 g/mol. The van der Waals surface area contributed by atoms with E-state index >= 15 is 0 Å². The number of nitrogens with zero attached hydrogens (tertiary/aromatic N) is 1. The Morgan fingerprint density at radius 2 is 1.66 bits per heavy atom. The Morgan fingerprint density at radius 1 is 1.03 bits per heavy atom. The summed E-state index contributed by atoms with van der Waals surface area (Å²) in [5.41, 5.74) is 2.01. The fourth-order valence-electron chi connectivity index (χ4n) is 4.15. The monoisotopic (exact) mass is 479 g/mol. The molecule has 2 aromatic rings. The number of carbonyl (C=O) groups is 3. The fourth-order valence-corrected chi connectivity index (χ4v) is 4.15. The van der Waals surface area contributed by atoms with Crippen molar-refractivity contribution in [2.45, 2.75) is 84.2 Å². The molecule has 1 aliphatic rings. The summed E-state index contributed by atoms with van der Waals surface area (Å²) in [7, 11) is 0. The van der Waals surface area contributed by atoms with E-state index in [0.717, 1.165) is 36.0 Å². The van der Waals surface area contributed by atoms with E-state index in [1.165, 1.54) is 0 Å². The van der Waals surface area contributed by atoms with Crippen LogP contribution in [0.1, 0.15) is 69.7 Å². The molecule has 3 rings (SSSR count). The van der Waals surface area contributed by atoms with Gasteiger partial charge in [-0.3, -0.25) is 9.59 Å². The average Bonchev–Trinajstić information content (AvgIpc) is 2.76. The van der Waals surface area contributed by atoms with Crippen LogP contribution in [0.5, 0.6) is 0 Å². The normalized spacial score (nSPS) is 15.3. The molecule has 0 spiro atoms. The fraction of sp³-hybridized carbons (Fsp3) is 0.464. The highest BCUT2D eigenvalue weighted by Gasteiger charge is 2.41. The van der Waals surface area contributed by atoms with Gasteiger partial charge in [0.1, 0.15) is 17.7 Å². The van der Waals surface area contributed by atoms with Gasteiger partial charge in [0.2, 0.25) is 11.8 Å². The molecule has 0 saturated heterocycles. The van der Waals surface area contributed by atoms with E-state index in [1.807, 2.05) is 61.5 Å². The van der Waals surface area contributed by atoms with Crippen LogP contribution in [0.2, 0.25) is 0 Å². The smallest absolute Gasteiger partial charge is 0.408 e. The summed E-state index contributed by atoms with van der Waals surface area (Å²) in [5, 5.41) is 5.68. The third-order valence-electron chi connectivity index (χ3n) is 6.15. The zero-order valence-electron chi connectivity index (χ0n) is 21.3. The number of benzene rings is 2. The Labute approximate surface area is 208 Å². The minimum Gasteiger partial charge on any atom is -0.444 e. The number of hydrogen-bond acceptors (Lipinski definition) is 4. The van der Waals surface area contributed by atoms with Gasteiger partial charge in [-0.25, -0.2) is 4.79 Å². The lowest BCUT2D eigenvalue weighted by Crippen LogP contribution is -2.56. The average molecular weight is 480 g/mol. The molecule has 188 valence electrons. The zero-order chi connectivity index (χ0) is 25.6. The third kappa shape index (κ3) is 7.07. The Hall–Kier alpha value is -3.35. The zero-order valence-corrected chi connectivity index (χ0v) is 21.3. The molecule has 3 amide bonds. The van der Waals surface area contributed by atoms with Gasteiger partial charge in [0.25, 0.3) is 0 Å². The standard InChI is InChI=1S/C28H37N3O4/c1-19-12-9-10-17-23(19)24(25(32)29-18-21-13-7-6-8-14-21)31(22-15-11-16-22)26(33)20(2)30-27(34)35-28(3,4)5/h6-10,12-14,17,20,22,24H,11,15-16,18H2,1-5H3,(H,29,32)(H,30,34). The molecule has 0 radical (unpaired) electrons. The summed E-state index contributed by atoms with van der Waals surface area (Å²) < 4.78 is 5.34. The van der Waals surface area contributed by atoms with Gasteiger partial charge in [-0.05, 0) is 70.6 Å².